The number of hydrogen-bond donors (Lipinski definition) is 0. The van der Waals surface area contributed by atoms with Crippen molar-refractivity contribution in [2.45, 2.75) is 101 Å². The molecule has 9 atom stereocenters. The molecule has 2 saturated heterocycles. The first kappa shape index (κ1) is 46.4. The van der Waals surface area contributed by atoms with Gasteiger partial charge in [-0.05, 0) is 33.4 Å². The lowest BCUT2D eigenvalue weighted by Crippen LogP contribution is -2.63. The first-order valence-corrected chi connectivity index (χ1v) is 22.5. The summed E-state index contributed by atoms with van der Waals surface area (Å²) in [7, 11) is 1.61. The molecule has 2 aliphatic rings. The molecular weight excluding hydrogens is 821 g/mol. The van der Waals surface area contributed by atoms with E-state index in [2.05, 4.69) is 24.3 Å². The fourth-order valence-corrected chi connectivity index (χ4v) is 8.22. The second-order valence-corrected chi connectivity index (χ2v) is 16.3. The van der Waals surface area contributed by atoms with Crippen LogP contribution in [0.15, 0.2) is 182 Å². The second kappa shape index (κ2) is 25.0. The molecule has 10 nitrogen and oxygen atoms in total. The second-order valence-electron chi connectivity index (χ2n) is 16.3. The summed E-state index contributed by atoms with van der Waals surface area (Å²) in [5.41, 5.74) is 6.21. The SMILES string of the molecule is CO[C@H]1O[C@H](COCc2ccccc2)[C@@H](OCc2ccccc2)[C@H](OCc2ccccc2)[C@H]1O[C@H]1C[C@@H](OCc2ccccc2)[C@H](OCc2ccccc2)[C@@H](COCc2ccccc2)O1. The van der Waals surface area contributed by atoms with E-state index in [0.29, 0.717) is 46.1 Å². The smallest absolute Gasteiger partial charge is 0.186 e. The molecule has 10 heteroatoms. The monoisotopic (exact) mass is 880 g/mol. The van der Waals surface area contributed by atoms with E-state index in [1.165, 1.54) is 0 Å². The minimum atomic E-state index is -0.871. The Kier molecular flexibility index (Phi) is 17.9. The fourth-order valence-electron chi connectivity index (χ4n) is 8.22. The maximum absolute atomic E-state index is 7.12. The van der Waals surface area contributed by atoms with Crippen molar-refractivity contribution in [2.75, 3.05) is 20.3 Å². The number of ether oxygens (including phenoxy) is 10. The molecule has 0 aliphatic carbocycles. The first-order chi connectivity index (χ1) is 32.2. The summed E-state index contributed by atoms with van der Waals surface area (Å²) in [6.07, 6.45) is -5.52. The molecule has 2 heterocycles. The van der Waals surface area contributed by atoms with Crippen molar-refractivity contribution in [2.24, 2.45) is 0 Å². The molecule has 65 heavy (non-hydrogen) atoms. The van der Waals surface area contributed by atoms with E-state index in [0.717, 1.165) is 33.4 Å². The average Bonchev–Trinajstić information content (AvgIpc) is 3.36. The molecule has 340 valence electrons. The maximum Gasteiger partial charge on any atom is 0.186 e. The first-order valence-electron chi connectivity index (χ1n) is 22.5. The summed E-state index contributed by atoms with van der Waals surface area (Å²) < 4.78 is 67.0. The highest BCUT2D eigenvalue weighted by atomic mass is 16.8. The Morgan fingerprint density at radius 1 is 0.385 bits per heavy atom. The van der Waals surface area contributed by atoms with Crippen molar-refractivity contribution >= 4 is 0 Å². The van der Waals surface area contributed by atoms with Gasteiger partial charge < -0.3 is 47.4 Å². The van der Waals surface area contributed by atoms with Crippen molar-refractivity contribution < 1.29 is 47.4 Å². The molecule has 6 aromatic rings. The Labute approximate surface area is 383 Å². The van der Waals surface area contributed by atoms with Crippen LogP contribution in [0, 0.1) is 0 Å². The van der Waals surface area contributed by atoms with Crippen molar-refractivity contribution in [3.63, 3.8) is 0 Å². The van der Waals surface area contributed by atoms with Gasteiger partial charge in [0.15, 0.2) is 12.6 Å². The van der Waals surface area contributed by atoms with Crippen LogP contribution in [0.25, 0.3) is 0 Å². The topological polar surface area (TPSA) is 92.3 Å². The van der Waals surface area contributed by atoms with Gasteiger partial charge in [0.2, 0.25) is 0 Å². The summed E-state index contributed by atoms with van der Waals surface area (Å²) in [5.74, 6) is 0. The molecule has 0 radical (unpaired) electrons. The largest absolute Gasteiger partial charge is 0.374 e. The predicted molar refractivity (Wildman–Crippen MR) is 246 cm³/mol. The lowest BCUT2D eigenvalue weighted by Gasteiger charge is -2.48. The zero-order valence-corrected chi connectivity index (χ0v) is 37.0. The Hall–Kier alpha value is -5.08. The van der Waals surface area contributed by atoms with Gasteiger partial charge in [0, 0.05) is 13.5 Å². The van der Waals surface area contributed by atoms with Crippen LogP contribution in [0.1, 0.15) is 39.8 Å². The third kappa shape index (κ3) is 14.0. The van der Waals surface area contributed by atoms with Gasteiger partial charge in [-0.1, -0.05) is 182 Å². The zero-order chi connectivity index (χ0) is 44.3. The van der Waals surface area contributed by atoms with Crippen LogP contribution in [-0.2, 0) is 87.0 Å². The Bertz CT molecular complexity index is 2190. The summed E-state index contributed by atoms with van der Waals surface area (Å²) in [6.45, 7) is 2.61. The number of methoxy groups -OCH3 is 1. The van der Waals surface area contributed by atoms with Crippen LogP contribution in [0.5, 0.6) is 0 Å². The van der Waals surface area contributed by atoms with E-state index in [1.54, 1.807) is 7.11 Å². The average molecular weight is 881 g/mol. The fraction of sp³-hybridized carbons (Fsp3) is 0.345. The number of benzene rings is 6. The van der Waals surface area contributed by atoms with Crippen molar-refractivity contribution in [3.8, 4) is 0 Å². The molecule has 0 saturated carbocycles. The molecule has 0 aromatic heterocycles. The van der Waals surface area contributed by atoms with Crippen LogP contribution in [0.3, 0.4) is 0 Å². The normalized spacial score (nSPS) is 24.4. The van der Waals surface area contributed by atoms with Gasteiger partial charge in [-0.15, -0.1) is 0 Å². The summed E-state index contributed by atoms with van der Waals surface area (Å²) in [6, 6.07) is 60.6. The van der Waals surface area contributed by atoms with Gasteiger partial charge >= 0.3 is 0 Å². The highest BCUT2D eigenvalue weighted by Crippen LogP contribution is 2.35. The standard InChI is InChI=1S/C55H60O10/c1-56-55-54(53(62-38-46-30-18-7-19-31-46)52(61-37-45-28-16-6-17-29-45)49(64-55)40-58-34-42-22-10-3-11-23-42)65-50-32-47(59-35-43-24-12-4-13-25-43)51(60-36-44-26-14-5-15-27-44)48(63-50)39-57-33-41-20-8-2-9-21-41/h2-31,47-55H,32-40H2,1H3/t47-,48-,49-,50+,51+,52-,53+,54-,55+/m1/s1. The molecule has 0 spiro atoms. The third-order valence-electron chi connectivity index (χ3n) is 11.6. The molecule has 2 aliphatic heterocycles. The number of rotatable bonds is 23. The molecule has 2 fully saturated rings. The number of hydrogen-bond acceptors (Lipinski definition) is 10. The van der Waals surface area contributed by atoms with Crippen LogP contribution in [0.2, 0.25) is 0 Å². The van der Waals surface area contributed by atoms with Crippen molar-refractivity contribution in [3.05, 3.63) is 215 Å². The Morgan fingerprint density at radius 2 is 0.738 bits per heavy atom. The highest BCUT2D eigenvalue weighted by molar-refractivity contribution is 5.18. The van der Waals surface area contributed by atoms with E-state index in [9.17, 15) is 0 Å². The van der Waals surface area contributed by atoms with Gasteiger partial charge in [0.05, 0.1) is 59.0 Å². The van der Waals surface area contributed by atoms with Crippen LogP contribution in [-0.4, -0.2) is 75.6 Å². The van der Waals surface area contributed by atoms with Crippen molar-refractivity contribution in [1.29, 1.82) is 0 Å². The van der Waals surface area contributed by atoms with E-state index in [4.69, 9.17) is 47.4 Å². The van der Waals surface area contributed by atoms with Crippen LogP contribution < -0.4 is 0 Å². The molecule has 0 amide bonds. The van der Waals surface area contributed by atoms with Crippen LogP contribution >= 0.6 is 0 Å². The maximum atomic E-state index is 7.12. The molecule has 0 unspecified atom stereocenters. The van der Waals surface area contributed by atoms with Gasteiger partial charge in [-0.25, -0.2) is 0 Å². The molecular formula is C55H60O10. The van der Waals surface area contributed by atoms with Gasteiger partial charge in [0.25, 0.3) is 0 Å². The molecule has 6 aromatic carbocycles. The van der Waals surface area contributed by atoms with Gasteiger partial charge in [0.1, 0.15) is 36.6 Å². The Morgan fingerprint density at radius 3 is 1.15 bits per heavy atom. The van der Waals surface area contributed by atoms with Gasteiger partial charge in [-0.2, -0.15) is 0 Å². The quantitative estimate of drug-likeness (QED) is 0.0620. The zero-order valence-electron chi connectivity index (χ0n) is 37.0. The molecule has 0 bridgehead atoms. The summed E-state index contributed by atoms with van der Waals surface area (Å²) >= 11 is 0. The molecule has 0 N–H and O–H groups in total. The highest BCUT2D eigenvalue weighted by Gasteiger charge is 2.51. The summed E-state index contributed by atoms with van der Waals surface area (Å²) in [4.78, 5) is 0. The third-order valence-corrected chi connectivity index (χ3v) is 11.6. The van der Waals surface area contributed by atoms with E-state index >= 15 is 0 Å². The van der Waals surface area contributed by atoms with Crippen LogP contribution in [0.4, 0.5) is 0 Å². The van der Waals surface area contributed by atoms with E-state index in [1.807, 2.05) is 158 Å². The lowest BCUT2D eigenvalue weighted by molar-refractivity contribution is -0.361. The minimum Gasteiger partial charge on any atom is -0.374 e. The molecule has 8 rings (SSSR count). The summed E-state index contributed by atoms with van der Waals surface area (Å²) in [5, 5.41) is 0. The minimum absolute atomic E-state index is 0.225. The Balaban J connectivity index is 1.08. The van der Waals surface area contributed by atoms with Crippen molar-refractivity contribution in [1.82, 2.24) is 0 Å². The van der Waals surface area contributed by atoms with E-state index in [-0.39, 0.29) is 13.2 Å². The van der Waals surface area contributed by atoms with E-state index < -0.39 is 55.3 Å². The predicted octanol–water partition coefficient (Wildman–Crippen LogP) is 9.63. The van der Waals surface area contributed by atoms with Gasteiger partial charge in [-0.3, -0.25) is 0 Å². The lowest BCUT2D eigenvalue weighted by atomic mass is 9.97.